The highest BCUT2D eigenvalue weighted by molar-refractivity contribution is 5.96. The molecule has 1 saturated heterocycles. The molecule has 1 fully saturated rings. The maximum absolute atomic E-state index is 11.5. The summed E-state index contributed by atoms with van der Waals surface area (Å²) in [6, 6.07) is 7.82. The molecule has 0 amide bonds. The molecule has 3 nitrogen and oxygen atoms in total. The van der Waals surface area contributed by atoms with Gasteiger partial charge < -0.3 is 10.2 Å². The van der Waals surface area contributed by atoms with E-state index in [0.29, 0.717) is 6.42 Å². The maximum atomic E-state index is 11.5. The Hall–Kier alpha value is -1.35. The Bertz CT molecular complexity index is 394. The molecule has 1 aromatic rings. The topological polar surface area (TPSA) is 32.3 Å². The van der Waals surface area contributed by atoms with E-state index in [1.807, 2.05) is 31.2 Å². The maximum Gasteiger partial charge on any atom is 0.162 e. The zero-order valence-electron chi connectivity index (χ0n) is 11.8. The van der Waals surface area contributed by atoms with Crippen LogP contribution in [0.4, 0.5) is 5.69 Å². The summed E-state index contributed by atoms with van der Waals surface area (Å²) in [7, 11) is 0. The lowest BCUT2D eigenvalue weighted by atomic mass is 10.1. The van der Waals surface area contributed by atoms with Crippen molar-refractivity contribution in [2.75, 3.05) is 31.5 Å². The van der Waals surface area contributed by atoms with Crippen molar-refractivity contribution in [1.29, 1.82) is 0 Å². The molecule has 1 heterocycles. The molecule has 0 spiro atoms. The van der Waals surface area contributed by atoms with Crippen molar-refractivity contribution < 1.29 is 4.79 Å². The van der Waals surface area contributed by atoms with Gasteiger partial charge in [0, 0.05) is 30.8 Å². The van der Waals surface area contributed by atoms with Crippen molar-refractivity contribution in [3.05, 3.63) is 29.8 Å². The van der Waals surface area contributed by atoms with Gasteiger partial charge in [-0.05, 0) is 50.2 Å². The van der Waals surface area contributed by atoms with Gasteiger partial charge in [-0.15, -0.1) is 0 Å². The SMILES string of the molecule is CCC(=O)c1ccc(NCCN2CCCCC2)cc1. The lowest BCUT2D eigenvalue weighted by Crippen LogP contribution is -2.33. The Morgan fingerprint density at radius 3 is 2.47 bits per heavy atom. The molecule has 1 aromatic carbocycles. The molecule has 2 rings (SSSR count). The van der Waals surface area contributed by atoms with Crippen LogP contribution in [0.15, 0.2) is 24.3 Å². The number of anilines is 1. The molecule has 0 unspecified atom stereocenters. The first-order chi connectivity index (χ1) is 9.29. The summed E-state index contributed by atoms with van der Waals surface area (Å²) >= 11 is 0. The number of piperidine rings is 1. The van der Waals surface area contributed by atoms with Crippen LogP contribution in [0, 0.1) is 0 Å². The first kappa shape index (κ1) is 14.1. The van der Waals surface area contributed by atoms with Crippen LogP contribution in [0.1, 0.15) is 43.0 Å². The Morgan fingerprint density at radius 1 is 1.16 bits per heavy atom. The van der Waals surface area contributed by atoms with Gasteiger partial charge in [-0.3, -0.25) is 4.79 Å². The van der Waals surface area contributed by atoms with E-state index in [1.165, 1.54) is 32.4 Å². The molecule has 0 bridgehead atoms. The highest BCUT2D eigenvalue weighted by Crippen LogP contribution is 2.12. The van der Waals surface area contributed by atoms with Crippen LogP contribution < -0.4 is 5.32 Å². The fraction of sp³-hybridized carbons (Fsp3) is 0.562. The summed E-state index contributed by atoms with van der Waals surface area (Å²) in [6.45, 7) is 6.46. The van der Waals surface area contributed by atoms with Gasteiger partial charge in [0.15, 0.2) is 5.78 Å². The van der Waals surface area contributed by atoms with Gasteiger partial charge in [0.25, 0.3) is 0 Å². The number of Topliss-reactive ketones (excluding diaryl/α,β-unsaturated/α-hetero) is 1. The zero-order valence-corrected chi connectivity index (χ0v) is 11.8. The van der Waals surface area contributed by atoms with Gasteiger partial charge in [0.1, 0.15) is 0 Å². The quantitative estimate of drug-likeness (QED) is 0.797. The summed E-state index contributed by atoms with van der Waals surface area (Å²) in [5.74, 6) is 0.208. The Morgan fingerprint density at radius 2 is 1.84 bits per heavy atom. The summed E-state index contributed by atoms with van der Waals surface area (Å²) in [5.41, 5.74) is 1.91. The minimum absolute atomic E-state index is 0.208. The second-order valence-electron chi connectivity index (χ2n) is 5.18. The molecule has 0 atom stereocenters. The van der Waals surface area contributed by atoms with Crippen molar-refractivity contribution in [2.45, 2.75) is 32.6 Å². The van der Waals surface area contributed by atoms with E-state index in [2.05, 4.69) is 10.2 Å². The van der Waals surface area contributed by atoms with Crippen LogP contribution in [0.5, 0.6) is 0 Å². The fourth-order valence-corrected chi connectivity index (χ4v) is 2.52. The van der Waals surface area contributed by atoms with E-state index in [1.54, 1.807) is 0 Å². The van der Waals surface area contributed by atoms with Crippen molar-refractivity contribution in [3.63, 3.8) is 0 Å². The van der Waals surface area contributed by atoms with Crippen molar-refractivity contribution in [2.24, 2.45) is 0 Å². The first-order valence-electron chi connectivity index (χ1n) is 7.39. The highest BCUT2D eigenvalue weighted by Gasteiger charge is 2.09. The predicted molar refractivity (Wildman–Crippen MR) is 79.8 cm³/mol. The monoisotopic (exact) mass is 260 g/mol. The molecular formula is C16H24N2O. The number of nitrogens with one attached hydrogen (secondary N) is 1. The predicted octanol–water partition coefficient (Wildman–Crippen LogP) is 3.18. The van der Waals surface area contributed by atoms with E-state index >= 15 is 0 Å². The fourth-order valence-electron chi connectivity index (χ4n) is 2.52. The van der Waals surface area contributed by atoms with Crippen molar-refractivity contribution >= 4 is 11.5 Å². The summed E-state index contributed by atoms with van der Waals surface area (Å²) < 4.78 is 0. The van der Waals surface area contributed by atoms with Gasteiger partial charge >= 0.3 is 0 Å². The number of benzene rings is 1. The number of carbonyl (C=O) groups excluding carboxylic acids is 1. The molecule has 0 radical (unpaired) electrons. The first-order valence-corrected chi connectivity index (χ1v) is 7.39. The second kappa shape index (κ2) is 7.29. The third-order valence-corrected chi connectivity index (χ3v) is 3.73. The average Bonchev–Trinajstić information content (AvgIpc) is 2.48. The number of carbonyl (C=O) groups is 1. The number of hydrogen-bond acceptors (Lipinski definition) is 3. The van der Waals surface area contributed by atoms with E-state index in [4.69, 9.17) is 0 Å². The molecule has 3 heteroatoms. The summed E-state index contributed by atoms with van der Waals surface area (Å²) in [4.78, 5) is 14.0. The molecule has 0 saturated carbocycles. The largest absolute Gasteiger partial charge is 0.384 e. The zero-order chi connectivity index (χ0) is 13.5. The normalized spacial score (nSPS) is 16.3. The van der Waals surface area contributed by atoms with Crippen molar-refractivity contribution in [1.82, 2.24) is 4.90 Å². The third kappa shape index (κ3) is 4.35. The Labute approximate surface area is 116 Å². The minimum atomic E-state index is 0.208. The smallest absolute Gasteiger partial charge is 0.162 e. The van der Waals surface area contributed by atoms with E-state index in [-0.39, 0.29) is 5.78 Å². The van der Waals surface area contributed by atoms with Crippen LogP contribution in [0.25, 0.3) is 0 Å². The van der Waals surface area contributed by atoms with Gasteiger partial charge in [0.2, 0.25) is 0 Å². The second-order valence-corrected chi connectivity index (χ2v) is 5.18. The van der Waals surface area contributed by atoms with E-state index < -0.39 is 0 Å². The van der Waals surface area contributed by atoms with Gasteiger partial charge in [0.05, 0.1) is 0 Å². The van der Waals surface area contributed by atoms with Crippen LogP contribution in [0.2, 0.25) is 0 Å². The molecule has 1 N–H and O–H groups in total. The molecule has 0 aliphatic carbocycles. The molecule has 0 aromatic heterocycles. The van der Waals surface area contributed by atoms with E-state index in [0.717, 1.165) is 24.3 Å². The lowest BCUT2D eigenvalue weighted by Gasteiger charge is -2.26. The Balaban J connectivity index is 1.75. The van der Waals surface area contributed by atoms with Crippen LogP contribution >= 0.6 is 0 Å². The third-order valence-electron chi connectivity index (χ3n) is 3.73. The number of nitrogens with zero attached hydrogens (tertiary/aromatic N) is 1. The van der Waals surface area contributed by atoms with Crippen LogP contribution in [-0.4, -0.2) is 36.9 Å². The van der Waals surface area contributed by atoms with Gasteiger partial charge in [-0.1, -0.05) is 13.3 Å². The number of ketones is 1. The summed E-state index contributed by atoms with van der Waals surface area (Å²) in [6.07, 6.45) is 4.64. The molecular weight excluding hydrogens is 236 g/mol. The van der Waals surface area contributed by atoms with E-state index in [9.17, 15) is 4.79 Å². The Kier molecular flexibility index (Phi) is 5.40. The molecule has 1 aliphatic heterocycles. The highest BCUT2D eigenvalue weighted by atomic mass is 16.1. The lowest BCUT2D eigenvalue weighted by molar-refractivity contribution is 0.0988. The number of hydrogen-bond donors (Lipinski definition) is 1. The number of likely N-dealkylation sites (tertiary alicyclic amines) is 1. The number of rotatable bonds is 6. The minimum Gasteiger partial charge on any atom is -0.384 e. The standard InChI is InChI=1S/C16H24N2O/c1-2-16(19)14-6-8-15(9-7-14)17-10-13-18-11-4-3-5-12-18/h6-9,17H,2-5,10-13H2,1H3. The molecule has 1 aliphatic rings. The van der Waals surface area contributed by atoms with Gasteiger partial charge in [-0.2, -0.15) is 0 Å². The van der Waals surface area contributed by atoms with Crippen molar-refractivity contribution in [3.8, 4) is 0 Å². The average molecular weight is 260 g/mol. The van der Waals surface area contributed by atoms with Crippen LogP contribution in [0.3, 0.4) is 0 Å². The van der Waals surface area contributed by atoms with Crippen LogP contribution in [-0.2, 0) is 0 Å². The summed E-state index contributed by atoms with van der Waals surface area (Å²) in [5, 5.41) is 3.42. The molecule has 19 heavy (non-hydrogen) atoms. The molecule has 104 valence electrons. The van der Waals surface area contributed by atoms with Gasteiger partial charge in [-0.25, -0.2) is 0 Å².